The van der Waals surface area contributed by atoms with Crippen LogP contribution in [0.1, 0.15) is 11.3 Å². The molecule has 1 aliphatic heterocycles. The number of carbonyl (C=O) groups excluding carboxylic acids is 1. The number of rotatable bonds is 15. The third-order valence-electron chi connectivity index (χ3n) is 6.46. The number of furan rings is 1. The van der Waals surface area contributed by atoms with Gasteiger partial charge in [0.1, 0.15) is 67.9 Å². The van der Waals surface area contributed by atoms with Gasteiger partial charge >= 0.3 is 23.9 Å². The highest BCUT2D eigenvalue weighted by Crippen LogP contribution is 2.33. The second kappa shape index (κ2) is 13.9. The molecule has 0 saturated carbocycles. The predicted molar refractivity (Wildman–Crippen MR) is 165 cm³/mol. The highest BCUT2D eigenvalue weighted by Gasteiger charge is 2.40. The lowest BCUT2D eigenvalue weighted by Crippen LogP contribution is -2.38. The molecule has 0 unspecified atom stereocenters. The van der Waals surface area contributed by atoms with Crippen molar-refractivity contribution in [1.29, 1.82) is 0 Å². The van der Waals surface area contributed by atoms with Gasteiger partial charge in [-0.3, -0.25) is 28.9 Å². The molecule has 0 bridgehead atoms. The molecule has 16 nitrogen and oxygen atoms in total. The second-order valence-corrected chi connectivity index (χ2v) is 10.3. The van der Waals surface area contributed by atoms with Crippen LogP contribution in [0.4, 0.5) is 11.4 Å². The van der Waals surface area contributed by atoms with Gasteiger partial charge in [0.15, 0.2) is 5.11 Å². The van der Waals surface area contributed by atoms with Crippen LogP contribution in [-0.4, -0.2) is 105 Å². The summed E-state index contributed by atoms with van der Waals surface area (Å²) in [5.74, 6) is -5.19. The Morgan fingerprint density at radius 1 is 0.891 bits per heavy atom. The summed E-state index contributed by atoms with van der Waals surface area (Å²) in [4.78, 5) is 61.1. The minimum absolute atomic E-state index is 0.00871. The van der Waals surface area contributed by atoms with Gasteiger partial charge in [-0.05, 0) is 49.0 Å². The lowest BCUT2D eigenvalue weighted by atomic mass is 10.2. The number of hydrogen-bond acceptors (Lipinski definition) is 11. The molecular formula is C29H28N4O12S. The van der Waals surface area contributed by atoms with Crippen molar-refractivity contribution in [3.63, 3.8) is 0 Å². The van der Waals surface area contributed by atoms with Crippen molar-refractivity contribution < 1.29 is 58.3 Å². The largest absolute Gasteiger partial charge is 0.488 e. The van der Waals surface area contributed by atoms with Gasteiger partial charge in [0.25, 0.3) is 5.91 Å². The van der Waals surface area contributed by atoms with E-state index in [0.29, 0.717) is 11.0 Å². The molecule has 6 N–H and O–H groups in total. The Hall–Kier alpha value is -5.84. The standard InChI is InChI=1S/C29H28N4O12S/c1-15-2-3-19(31(11-24(34)35)12-25(36)37)23(6-15)44-5-4-43-22-8-16-7-17(45-21(16)10-18(22)30)9-20-28(42)33(14-27(40)41)29(46)32(20)13-26(38)39/h2-3,6-10H,4-5,11-14,30H2,1H3,(H,34,35)(H,36,37)(H,38,39)(H,40,41). The summed E-state index contributed by atoms with van der Waals surface area (Å²) in [6.07, 6.45) is 1.25. The molecule has 4 rings (SSSR count). The zero-order valence-corrected chi connectivity index (χ0v) is 25.0. The first-order valence-corrected chi connectivity index (χ1v) is 13.8. The molecular weight excluding hydrogens is 628 g/mol. The van der Waals surface area contributed by atoms with Crippen LogP contribution >= 0.6 is 12.2 Å². The average molecular weight is 657 g/mol. The van der Waals surface area contributed by atoms with Crippen LogP contribution in [0.5, 0.6) is 11.5 Å². The number of carboxylic acids is 4. The Bertz CT molecular complexity index is 1750. The van der Waals surface area contributed by atoms with E-state index in [4.69, 9.17) is 36.9 Å². The van der Waals surface area contributed by atoms with E-state index in [2.05, 4.69) is 0 Å². The highest BCUT2D eigenvalue weighted by molar-refractivity contribution is 7.80. The molecule has 1 fully saturated rings. The third-order valence-corrected chi connectivity index (χ3v) is 6.90. The van der Waals surface area contributed by atoms with Crippen LogP contribution in [0.3, 0.4) is 0 Å². The van der Waals surface area contributed by atoms with E-state index in [1.807, 2.05) is 0 Å². The number of carboxylic acid groups (broad SMARTS) is 4. The molecule has 1 amide bonds. The normalized spacial score (nSPS) is 13.8. The summed E-state index contributed by atoms with van der Waals surface area (Å²) in [6, 6.07) is 9.52. The topological polar surface area (TPSA) is 234 Å². The molecule has 1 aliphatic rings. The van der Waals surface area contributed by atoms with E-state index in [1.165, 1.54) is 12.1 Å². The van der Waals surface area contributed by atoms with E-state index in [0.717, 1.165) is 20.3 Å². The second-order valence-electron chi connectivity index (χ2n) is 9.97. The van der Waals surface area contributed by atoms with E-state index in [9.17, 15) is 39.3 Å². The summed E-state index contributed by atoms with van der Waals surface area (Å²) in [6.45, 7) is -0.767. The van der Waals surface area contributed by atoms with Crippen LogP contribution < -0.4 is 20.1 Å². The number of nitrogens with two attached hydrogens (primary N) is 1. The molecule has 1 aromatic heterocycles. The molecule has 3 aromatic rings. The number of nitrogen functional groups attached to an aromatic ring is 1. The Balaban J connectivity index is 1.50. The van der Waals surface area contributed by atoms with Gasteiger partial charge in [-0.1, -0.05) is 6.07 Å². The molecule has 0 spiro atoms. The van der Waals surface area contributed by atoms with E-state index < -0.39 is 56.0 Å². The Morgan fingerprint density at radius 2 is 1.50 bits per heavy atom. The molecule has 2 aromatic carbocycles. The van der Waals surface area contributed by atoms with E-state index in [-0.39, 0.29) is 52.7 Å². The SMILES string of the molecule is Cc1ccc(N(CC(=O)O)CC(=O)O)c(OCCOc2cc3cc(C=C4C(=O)N(CC(=O)O)C(=S)N4CC(=O)O)oc3cc2N)c1. The number of nitrogens with zero attached hydrogens (tertiary/aromatic N) is 3. The first-order valence-electron chi connectivity index (χ1n) is 13.4. The van der Waals surface area contributed by atoms with Gasteiger partial charge in [0, 0.05) is 17.5 Å². The number of thiocarbonyl (C=S) groups is 1. The molecule has 46 heavy (non-hydrogen) atoms. The van der Waals surface area contributed by atoms with Crippen molar-refractivity contribution in [2.24, 2.45) is 0 Å². The van der Waals surface area contributed by atoms with Gasteiger partial charge in [-0.25, -0.2) is 0 Å². The summed E-state index contributed by atoms with van der Waals surface area (Å²) >= 11 is 5.15. The van der Waals surface area contributed by atoms with Crippen molar-refractivity contribution in [2.75, 3.05) is 50.0 Å². The van der Waals surface area contributed by atoms with Gasteiger partial charge < -0.3 is 49.9 Å². The number of fused-ring (bicyclic) bond motifs is 1. The summed E-state index contributed by atoms with van der Waals surface area (Å²) in [5.41, 5.74) is 7.55. The number of aliphatic carboxylic acids is 4. The quantitative estimate of drug-likeness (QED) is 0.0677. The lowest BCUT2D eigenvalue weighted by molar-refractivity contribution is -0.140. The lowest BCUT2D eigenvalue weighted by Gasteiger charge is -2.24. The van der Waals surface area contributed by atoms with Gasteiger partial charge in [-0.2, -0.15) is 0 Å². The summed E-state index contributed by atoms with van der Waals surface area (Å²) in [7, 11) is 0. The highest BCUT2D eigenvalue weighted by atomic mass is 32.1. The first kappa shape index (κ1) is 33.1. The smallest absolute Gasteiger partial charge is 0.323 e. The van der Waals surface area contributed by atoms with Crippen LogP contribution in [0.25, 0.3) is 17.0 Å². The van der Waals surface area contributed by atoms with E-state index >= 15 is 0 Å². The fourth-order valence-electron chi connectivity index (χ4n) is 4.58. The molecule has 242 valence electrons. The van der Waals surface area contributed by atoms with Crippen molar-refractivity contribution in [2.45, 2.75) is 6.92 Å². The number of hydrogen-bond donors (Lipinski definition) is 5. The Kier molecular flexibility index (Phi) is 9.96. The fraction of sp³-hybridized carbons (Fsp3) is 0.241. The molecule has 17 heteroatoms. The first-order chi connectivity index (χ1) is 21.7. The van der Waals surface area contributed by atoms with Gasteiger partial charge in [0.2, 0.25) is 0 Å². The predicted octanol–water partition coefficient (Wildman–Crippen LogP) is 1.70. The minimum atomic E-state index is -1.33. The van der Waals surface area contributed by atoms with Crippen LogP contribution in [-0.2, 0) is 24.0 Å². The number of ether oxygens (including phenoxy) is 2. The van der Waals surface area contributed by atoms with Crippen LogP contribution in [0.2, 0.25) is 0 Å². The van der Waals surface area contributed by atoms with Gasteiger partial charge in [-0.15, -0.1) is 0 Å². The Morgan fingerprint density at radius 3 is 2.11 bits per heavy atom. The maximum Gasteiger partial charge on any atom is 0.323 e. The molecule has 0 aliphatic carbocycles. The van der Waals surface area contributed by atoms with Gasteiger partial charge in [0.05, 0.1) is 11.4 Å². The van der Waals surface area contributed by atoms with Crippen molar-refractivity contribution >= 4 is 75.5 Å². The van der Waals surface area contributed by atoms with Crippen molar-refractivity contribution in [3.05, 3.63) is 53.4 Å². The number of amides is 1. The number of carbonyl (C=O) groups is 5. The zero-order valence-electron chi connectivity index (χ0n) is 24.2. The van der Waals surface area contributed by atoms with Crippen LogP contribution in [0, 0.1) is 6.92 Å². The zero-order chi connectivity index (χ0) is 33.7. The molecule has 1 saturated heterocycles. The molecule has 2 heterocycles. The maximum atomic E-state index is 12.9. The van der Waals surface area contributed by atoms with Crippen molar-refractivity contribution in [3.8, 4) is 11.5 Å². The summed E-state index contributed by atoms with van der Waals surface area (Å²) in [5, 5.41) is 37.2. The van der Waals surface area contributed by atoms with Crippen LogP contribution in [0.15, 0.2) is 46.5 Å². The molecule has 0 atom stereocenters. The van der Waals surface area contributed by atoms with Crippen molar-refractivity contribution in [1.82, 2.24) is 9.80 Å². The average Bonchev–Trinajstić information content (AvgIpc) is 3.43. The minimum Gasteiger partial charge on any atom is -0.488 e. The maximum absolute atomic E-state index is 12.9. The van der Waals surface area contributed by atoms with E-state index in [1.54, 1.807) is 37.3 Å². The third kappa shape index (κ3) is 7.81. The number of benzene rings is 2. The number of aryl methyl sites for hydroxylation is 1. The monoisotopic (exact) mass is 656 g/mol. The number of anilines is 2. The Labute approximate surface area is 265 Å². The molecule has 0 radical (unpaired) electrons. The fourth-order valence-corrected chi connectivity index (χ4v) is 4.89. The summed E-state index contributed by atoms with van der Waals surface area (Å²) < 4.78 is 17.4.